The Bertz CT molecular complexity index is 1050. The normalized spacial score (nSPS) is 46.0. The van der Waals surface area contributed by atoms with Crippen molar-refractivity contribution < 1.29 is 0 Å². The molecule has 0 amide bonds. The molecule has 0 saturated heterocycles. The molecule has 0 heterocycles. The summed E-state index contributed by atoms with van der Waals surface area (Å²) < 4.78 is 0. The van der Waals surface area contributed by atoms with E-state index in [1.165, 1.54) is 22.3 Å². The van der Waals surface area contributed by atoms with Gasteiger partial charge in [0.1, 0.15) is 0 Å². The molecule has 2 aromatic carbocycles. The molecule has 3 saturated carbocycles. The molecule has 0 spiro atoms. The standard InChI is InChI=1S/C22H14N2/c23-8-10-5-6-12-14(7-10)15-16-11-3-1-2-4-13(11)19-17(12)21-18(15)20(16)22(19,21)9-24/h1-7,15-21H. The summed E-state index contributed by atoms with van der Waals surface area (Å²) in [6.45, 7) is 0. The van der Waals surface area contributed by atoms with Crippen molar-refractivity contribution in [2.45, 2.75) is 23.7 Å². The molecule has 8 unspecified atom stereocenters. The third-order valence-electron chi connectivity index (χ3n) is 8.20. The van der Waals surface area contributed by atoms with Crippen molar-refractivity contribution >= 4 is 0 Å². The molecule has 7 rings (SSSR count). The first-order valence-corrected chi connectivity index (χ1v) is 8.87. The van der Waals surface area contributed by atoms with Crippen molar-refractivity contribution in [1.82, 2.24) is 0 Å². The highest BCUT2D eigenvalue weighted by molar-refractivity contribution is 5.65. The Morgan fingerprint density at radius 2 is 1.54 bits per heavy atom. The van der Waals surface area contributed by atoms with Crippen LogP contribution in [0.5, 0.6) is 0 Å². The number of rotatable bonds is 0. The molecular formula is C22H14N2. The van der Waals surface area contributed by atoms with Gasteiger partial charge in [-0.2, -0.15) is 10.5 Å². The maximum Gasteiger partial charge on any atom is 0.0991 e. The highest BCUT2D eigenvalue weighted by atomic mass is 14.9. The number of benzene rings is 2. The maximum absolute atomic E-state index is 10.1. The number of hydrogen-bond acceptors (Lipinski definition) is 2. The summed E-state index contributed by atoms with van der Waals surface area (Å²) in [7, 11) is 0. The summed E-state index contributed by atoms with van der Waals surface area (Å²) in [5.74, 6) is 3.70. The first-order valence-electron chi connectivity index (χ1n) is 8.87. The van der Waals surface area contributed by atoms with E-state index in [2.05, 4.69) is 48.5 Å². The van der Waals surface area contributed by atoms with Crippen molar-refractivity contribution in [2.75, 3.05) is 0 Å². The lowest BCUT2D eigenvalue weighted by Gasteiger charge is -2.86. The van der Waals surface area contributed by atoms with E-state index in [1.807, 2.05) is 6.07 Å². The van der Waals surface area contributed by atoms with Gasteiger partial charge in [-0.3, -0.25) is 0 Å². The number of fused-ring (bicyclic) bond motifs is 8. The summed E-state index contributed by atoms with van der Waals surface area (Å²) in [5, 5.41) is 19.4. The summed E-state index contributed by atoms with van der Waals surface area (Å²) in [6, 6.07) is 20.3. The van der Waals surface area contributed by atoms with Crippen LogP contribution >= 0.6 is 0 Å². The third-order valence-corrected chi connectivity index (χ3v) is 8.20. The van der Waals surface area contributed by atoms with Crippen LogP contribution in [0.2, 0.25) is 0 Å². The lowest BCUT2D eigenvalue weighted by Crippen LogP contribution is -2.81. The molecule has 0 aliphatic heterocycles. The third kappa shape index (κ3) is 0.843. The summed E-state index contributed by atoms with van der Waals surface area (Å²) in [5.41, 5.74) is 6.50. The zero-order valence-electron chi connectivity index (χ0n) is 13.0. The SMILES string of the molecule is N#Cc1ccc2c(c1)C1C3c4ccccc4C4C2C2C1C3C42C#N. The molecule has 2 heteroatoms. The van der Waals surface area contributed by atoms with Crippen molar-refractivity contribution in [1.29, 1.82) is 10.5 Å². The van der Waals surface area contributed by atoms with Gasteiger partial charge in [0.05, 0.1) is 23.1 Å². The first-order chi connectivity index (χ1) is 11.8. The molecule has 0 N–H and O–H groups in total. The van der Waals surface area contributed by atoms with E-state index in [1.54, 1.807) is 0 Å². The molecule has 8 atom stereocenters. The first kappa shape index (κ1) is 11.9. The second kappa shape index (κ2) is 3.28. The van der Waals surface area contributed by atoms with E-state index in [9.17, 15) is 10.5 Å². The minimum atomic E-state index is -0.0869. The molecule has 5 aliphatic rings. The molecule has 0 bridgehead atoms. The van der Waals surface area contributed by atoms with E-state index in [0.29, 0.717) is 41.4 Å². The van der Waals surface area contributed by atoms with Crippen LogP contribution in [0.4, 0.5) is 0 Å². The van der Waals surface area contributed by atoms with Gasteiger partial charge < -0.3 is 0 Å². The molecule has 112 valence electrons. The van der Waals surface area contributed by atoms with E-state index in [-0.39, 0.29) is 5.41 Å². The Balaban J connectivity index is 1.58. The smallest absolute Gasteiger partial charge is 0.0991 e. The summed E-state index contributed by atoms with van der Waals surface area (Å²) in [4.78, 5) is 0. The van der Waals surface area contributed by atoms with Gasteiger partial charge in [0.25, 0.3) is 0 Å². The van der Waals surface area contributed by atoms with Crippen LogP contribution in [0.1, 0.15) is 51.5 Å². The lowest BCUT2D eigenvalue weighted by atomic mass is 9.15. The van der Waals surface area contributed by atoms with Crippen molar-refractivity contribution in [3.8, 4) is 12.1 Å². The topological polar surface area (TPSA) is 47.6 Å². The Labute approximate surface area is 140 Å². The van der Waals surface area contributed by atoms with Crippen LogP contribution in [0.15, 0.2) is 42.5 Å². The van der Waals surface area contributed by atoms with Gasteiger partial charge in [0.15, 0.2) is 0 Å². The van der Waals surface area contributed by atoms with Crippen molar-refractivity contribution in [2.24, 2.45) is 23.2 Å². The van der Waals surface area contributed by atoms with Gasteiger partial charge in [-0.25, -0.2) is 0 Å². The van der Waals surface area contributed by atoms with Crippen molar-refractivity contribution in [3.63, 3.8) is 0 Å². The van der Waals surface area contributed by atoms with Gasteiger partial charge >= 0.3 is 0 Å². The van der Waals surface area contributed by atoms with E-state index < -0.39 is 0 Å². The van der Waals surface area contributed by atoms with Gasteiger partial charge in [-0.15, -0.1) is 0 Å². The van der Waals surface area contributed by atoms with Gasteiger partial charge in [-0.1, -0.05) is 30.3 Å². The fourth-order valence-corrected chi connectivity index (χ4v) is 7.77. The predicted octanol–water partition coefficient (Wildman–Crippen LogP) is 4.02. The van der Waals surface area contributed by atoms with Gasteiger partial charge in [-0.05, 0) is 69.9 Å². The quantitative estimate of drug-likeness (QED) is 0.738. The van der Waals surface area contributed by atoms with Gasteiger partial charge in [0, 0.05) is 5.92 Å². The lowest BCUT2D eigenvalue weighted by molar-refractivity contribution is -0.291. The molecule has 0 radical (unpaired) electrons. The minimum Gasteiger partial charge on any atom is -0.198 e. The van der Waals surface area contributed by atoms with E-state index in [0.717, 1.165) is 5.56 Å². The zero-order valence-corrected chi connectivity index (χ0v) is 13.0. The van der Waals surface area contributed by atoms with Gasteiger partial charge in [0.2, 0.25) is 0 Å². The molecule has 5 aliphatic carbocycles. The highest BCUT2D eigenvalue weighted by Gasteiger charge is 2.88. The van der Waals surface area contributed by atoms with Crippen LogP contribution in [0, 0.1) is 45.8 Å². The van der Waals surface area contributed by atoms with Crippen LogP contribution < -0.4 is 0 Å². The number of nitriles is 2. The fraction of sp³-hybridized carbons (Fsp3) is 0.364. The maximum atomic E-state index is 10.1. The fourth-order valence-electron chi connectivity index (χ4n) is 7.77. The second-order valence-corrected chi connectivity index (χ2v) is 8.31. The highest BCUT2D eigenvalue weighted by Crippen LogP contribution is 2.93. The second-order valence-electron chi connectivity index (χ2n) is 8.31. The Morgan fingerprint density at radius 1 is 0.792 bits per heavy atom. The van der Waals surface area contributed by atoms with Crippen LogP contribution in [-0.2, 0) is 0 Å². The zero-order chi connectivity index (χ0) is 15.8. The van der Waals surface area contributed by atoms with Crippen molar-refractivity contribution in [3.05, 3.63) is 70.3 Å². The van der Waals surface area contributed by atoms with Crippen LogP contribution in [-0.4, -0.2) is 0 Å². The molecule has 0 aromatic heterocycles. The number of hydrogen-bond donors (Lipinski definition) is 0. The number of nitrogens with zero attached hydrogens (tertiary/aromatic N) is 2. The van der Waals surface area contributed by atoms with E-state index in [4.69, 9.17) is 0 Å². The molecular weight excluding hydrogens is 292 g/mol. The Hall–Kier alpha value is -2.58. The molecule has 3 fully saturated rings. The molecule has 2 nitrogen and oxygen atoms in total. The Kier molecular flexibility index (Phi) is 1.63. The monoisotopic (exact) mass is 306 g/mol. The van der Waals surface area contributed by atoms with E-state index >= 15 is 0 Å². The molecule has 24 heavy (non-hydrogen) atoms. The summed E-state index contributed by atoms with van der Waals surface area (Å²) >= 11 is 0. The Morgan fingerprint density at radius 3 is 2.33 bits per heavy atom. The average molecular weight is 306 g/mol. The summed E-state index contributed by atoms with van der Waals surface area (Å²) in [6.07, 6.45) is 0. The van der Waals surface area contributed by atoms with Crippen LogP contribution in [0.3, 0.4) is 0 Å². The van der Waals surface area contributed by atoms with Crippen LogP contribution in [0.25, 0.3) is 0 Å². The average Bonchev–Trinajstić information content (AvgIpc) is 2.56. The predicted molar refractivity (Wildman–Crippen MR) is 87.1 cm³/mol. The largest absolute Gasteiger partial charge is 0.198 e. The molecule has 2 aromatic rings. The minimum absolute atomic E-state index is 0.0869.